The highest BCUT2D eigenvalue weighted by atomic mass is 79.9. The van der Waals surface area contributed by atoms with Crippen molar-refractivity contribution in [1.29, 1.82) is 0 Å². The van der Waals surface area contributed by atoms with E-state index < -0.39 is 0 Å². The smallest absolute Gasteiger partial charge is 0.151 e. The van der Waals surface area contributed by atoms with Crippen molar-refractivity contribution in [3.05, 3.63) is 61.2 Å². The summed E-state index contributed by atoms with van der Waals surface area (Å²) in [6.07, 6.45) is 10.2. The fraction of sp³-hybridized carbons (Fsp3) is 0.464. The third kappa shape index (κ3) is 5.66. The summed E-state index contributed by atoms with van der Waals surface area (Å²) < 4.78 is 21.1. The summed E-state index contributed by atoms with van der Waals surface area (Å²) in [6, 6.07) is 3.49. The Bertz CT molecular complexity index is 1420. The van der Waals surface area contributed by atoms with Crippen LogP contribution in [0.4, 0.5) is 4.39 Å². The molecule has 1 N–H and O–H groups in total. The van der Waals surface area contributed by atoms with Crippen LogP contribution >= 0.6 is 50.5 Å². The van der Waals surface area contributed by atoms with E-state index >= 15 is 0 Å². The van der Waals surface area contributed by atoms with E-state index in [1.165, 1.54) is 44.1 Å². The molecule has 0 saturated heterocycles. The molecule has 10 heteroatoms. The summed E-state index contributed by atoms with van der Waals surface area (Å²) in [5, 5.41) is 15.4. The third-order valence-corrected chi connectivity index (χ3v) is 9.74. The molecule has 38 heavy (non-hydrogen) atoms. The maximum Gasteiger partial charge on any atom is 0.151 e. The van der Waals surface area contributed by atoms with Gasteiger partial charge in [0.1, 0.15) is 17.0 Å². The summed E-state index contributed by atoms with van der Waals surface area (Å²) in [5.41, 5.74) is 2.29. The molecule has 3 atom stereocenters. The minimum atomic E-state index is -0.214. The van der Waals surface area contributed by atoms with Crippen molar-refractivity contribution < 1.29 is 14.0 Å². The number of thiazole rings is 1. The monoisotopic (exact) mass is 639 g/mol. The van der Waals surface area contributed by atoms with E-state index in [0.29, 0.717) is 56.1 Å². The summed E-state index contributed by atoms with van der Waals surface area (Å²) in [6.45, 7) is 4.45. The van der Waals surface area contributed by atoms with Crippen molar-refractivity contribution >= 4 is 60.7 Å². The number of pyridine rings is 1. The zero-order valence-electron chi connectivity index (χ0n) is 21.2. The second-order valence-electron chi connectivity index (χ2n) is 10.2. The molecule has 2 aliphatic carbocycles. The first-order valence-corrected chi connectivity index (χ1v) is 15.3. The Morgan fingerprint density at radius 2 is 1.89 bits per heavy atom. The van der Waals surface area contributed by atoms with Gasteiger partial charge < -0.3 is 9.63 Å². The molecule has 0 aliphatic heterocycles. The molecule has 3 unspecified atom stereocenters. The highest BCUT2D eigenvalue weighted by Crippen LogP contribution is 2.47. The highest BCUT2D eigenvalue weighted by molar-refractivity contribution is 9.10. The lowest BCUT2D eigenvalue weighted by Gasteiger charge is -2.34. The van der Waals surface area contributed by atoms with Gasteiger partial charge in [0.05, 0.1) is 26.4 Å². The standard InChI is InChI=1S/C16H19BrFNS.C12H10Cl2N2O2/c1-3-10-6-4-5-9(2)14(10)16-19-15-12(18)7-11(17)8-13(15)20-16;13-8-3-15-4-9(14)10(8)11-7(5-17)12(18-16-11)6-1-2-6/h7-10,14H,3-6H2,1-2H3;3-4,6,17H,1-2,5H2. The molecule has 3 heterocycles. The minimum absolute atomic E-state index is 0.139. The first kappa shape index (κ1) is 28.0. The number of hydrogen-bond acceptors (Lipinski definition) is 6. The van der Waals surface area contributed by atoms with Crippen LogP contribution in [0.15, 0.2) is 33.5 Å². The second-order valence-corrected chi connectivity index (χ2v) is 13.0. The maximum absolute atomic E-state index is 14.0. The topological polar surface area (TPSA) is 72.0 Å². The zero-order valence-corrected chi connectivity index (χ0v) is 25.1. The van der Waals surface area contributed by atoms with Crippen molar-refractivity contribution in [2.24, 2.45) is 11.8 Å². The summed E-state index contributed by atoms with van der Waals surface area (Å²) >= 11 is 17.2. The summed E-state index contributed by atoms with van der Waals surface area (Å²) in [5.74, 6) is 2.76. The number of aromatic nitrogens is 3. The minimum Gasteiger partial charge on any atom is -0.391 e. The first-order valence-electron chi connectivity index (χ1n) is 13.0. The van der Waals surface area contributed by atoms with Crippen molar-refractivity contribution in [3.8, 4) is 11.3 Å². The number of fused-ring (bicyclic) bond motifs is 1. The fourth-order valence-electron chi connectivity index (χ4n) is 5.52. The van der Waals surface area contributed by atoms with E-state index in [0.717, 1.165) is 32.8 Å². The van der Waals surface area contributed by atoms with Gasteiger partial charge in [-0.05, 0) is 43.2 Å². The van der Waals surface area contributed by atoms with E-state index in [4.69, 9.17) is 27.7 Å². The Morgan fingerprint density at radius 1 is 1.16 bits per heavy atom. The molecule has 1 aromatic carbocycles. The molecular weight excluding hydrogens is 612 g/mol. The van der Waals surface area contributed by atoms with E-state index in [9.17, 15) is 9.50 Å². The van der Waals surface area contributed by atoms with Gasteiger partial charge in [-0.15, -0.1) is 11.3 Å². The number of hydrogen-bond donors (Lipinski definition) is 1. The number of aliphatic hydroxyl groups excluding tert-OH is 1. The maximum atomic E-state index is 14.0. The largest absolute Gasteiger partial charge is 0.391 e. The van der Waals surface area contributed by atoms with Crippen LogP contribution in [0, 0.1) is 17.7 Å². The van der Waals surface area contributed by atoms with Crippen LogP contribution < -0.4 is 0 Å². The van der Waals surface area contributed by atoms with Gasteiger partial charge in [0.2, 0.25) is 0 Å². The molecule has 6 rings (SSSR count). The van der Waals surface area contributed by atoms with Crippen molar-refractivity contribution in [2.45, 2.75) is 70.8 Å². The van der Waals surface area contributed by atoms with Gasteiger partial charge in [-0.2, -0.15) is 0 Å². The Kier molecular flexibility index (Phi) is 8.75. The van der Waals surface area contributed by atoms with Crippen LogP contribution in [-0.4, -0.2) is 20.2 Å². The Hall–Kier alpha value is -1.58. The molecular formula is C28H29BrCl2FN3O2S. The zero-order chi connectivity index (χ0) is 27.0. The number of benzene rings is 1. The third-order valence-electron chi connectivity index (χ3n) is 7.61. The SMILES string of the molecule is CCC1CCCC(C)C1c1nc2c(F)cc(Br)cc2s1.OCc1c(-c2c(Cl)cncc2Cl)noc1C1CC1. The number of nitrogens with zero attached hydrogens (tertiary/aromatic N) is 3. The van der Waals surface area contributed by atoms with E-state index in [1.54, 1.807) is 11.3 Å². The predicted molar refractivity (Wildman–Crippen MR) is 154 cm³/mol. The van der Waals surface area contributed by atoms with Crippen LogP contribution in [0.3, 0.4) is 0 Å². The van der Waals surface area contributed by atoms with Gasteiger partial charge in [-0.25, -0.2) is 9.37 Å². The van der Waals surface area contributed by atoms with Crippen LogP contribution in [0.5, 0.6) is 0 Å². The van der Waals surface area contributed by atoms with Crippen molar-refractivity contribution in [3.63, 3.8) is 0 Å². The molecule has 5 nitrogen and oxygen atoms in total. The number of rotatable bonds is 5. The van der Waals surface area contributed by atoms with Crippen LogP contribution in [0.25, 0.3) is 21.5 Å². The molecule has 0 bridgehead atoms. The molecule has 202 valence electrons. The average molecular weight is 641 g/mol. The lowest BCUT2D eigenvalue weighted by Crippen LogP contribution is -2.24. The Balaban J connectivity index is 0.000000156. The van der Waals surface area contributed by atoms with Gasteiger partial charge in [0.15, 0.2) is 5.82 Å². The molecule has 2 fully saturated rings. The summed E-state index contributed by atoms with van der Waals surface area (Å²) in [7, 11) is 0. The van der Waals surface area contributed by atoms with Gasteiger partial charge in [0.25, 0.3) is 0 Å². The molecule has 4 aromatic rings. The molecule has 0 radical (unpaired) electrons. The Morgan fingerprint density at radius 3 is 2.55 bits per heavy atom. The van der Waals surface area contributed by atoms with Gasteiger partial charge >= 0.3 is 0 Å². The van der Waals surface area contributed by atoms with Crippen LogP contribution in [0.1, 0.15) is 80.5 Å². The van der Waals surface area contributed by atoms with Crippen LogP contribution in [-0.2, 0) is 6.61 Å². The van der Waals surface area contributed by atoms with Crippen molar-refractivity contribution in [2.75, 3.05) is 0 Å². The molecule has 2 saturated carbocycles. The normalized spacial score (nSPS) is 21.4. The highest BCUT2D eigenvalue weighted by Gasteiger charge is 2.34. The number of halogens is 4. The molecule has 0 spiro atoms. The molecule has 3 aromatic heterocycles. The first-order chi connectivity index (χ1) is 18.3. The van der Waals surface area contributed by atoms with Gasteiger partial charge in [0, 0.05) is 39.8 Å². The van der Waals surface area contributed by atoms with Gasteiger partial charge in [-0.3, -0.25) is 4.98 Å². The number of aliphatic hydroxyl groups is 1. The van der Waals surface area contributed by atoms with E-state index in [-0.39, 0.29) is 12.4 Å². The molecule has 2 aliphatic rings. The van der Waals surface area contributed by atoms with Crippen LogP contribution in [0.2, 0.25) is 10.0 Å². The average Bonchev–Trinajstić information content (AvgIpc) is 3.50. The van der Waals surface area contributed by atoms with E-state index in [1.807, 2.05) is 6.07 Å². The fourth-order valence-corrected chi connectivity index (χ4v) is 7.99. The van der Waals surface area contributed by atoms with Crippen molar-refractivity contribution in [1.82, 2.24) is 15.1 Å². The lowest BCUT2D eigenvalue weighted by atomic mass is 9.72. The predicted octanol–water partition coefficient (Wildman–Crippen LogP) is 9.54. The Labute approximate surface area is 243 Å². The second kappa shape index (κ2) is 11.9. The summed E-state index contributed by atoms with van der Waals surface area (Å²) in [4.78, 5) is 8.54. The van der Waals surface area contributed by atoms with Gasteiger partial charge in [-0.1, -0.05) is 77.4 Å². The quantitative estimate of drug-likeness (QED) is 0.235. The van der Waals surface area contributed by atoms with E-state index in [2.05, 4.69) is 44.9 Å². The molecule has 0 amide bonds. The lowest BCUT2D eigenvalue weighted by molar-refractivity contribution is 0.227.